The number of halogens is 4. The van der Waals surface area contributed by atoms with E-state index in [9.17, 15) is 23.1 Å². The third kappa shape index (κ3) is 5.66. The molecule has 0 amide bonds. The van der Waals surface area contributed by atoms with Gasteiger partial charge in [0.2, 0.25) is 0 Å². The molecule has 188 valence electrons. The molecule has 1 N–H and O–H groups in total. The zero-order valence-electron chi connectivity index (χ0n) is 19.8. The average Bonchev–Trinajstić information content (AvgIpc) is 2.95. The monoisotopic (exact) mass is 506 g/mol. The molecule has 1 aliphatic rings. The van der Waals surface area contributed by atoms with Gasteiger partial charge in [-0.05, 0) is 67.0 Å². The first-order chi connectivity index (χ1) is 16.7. The van der Waals surface area contributed by atoms with Gasteiger partial charge in [0, 0.05) is 28.8 Å². The molecule has 0 saturated carbocycles. The summed E-state index contributed by atoms with van der Waals surface area (Å²) in [7, 11) is 0. The van der Waals surface area contributed by atoms with Gasteiger partial charge >= 0.3 is 12.1 Å². The van der Waals surface area contributed by atoms with Gasteiger partial charge in [-0.15, -0.1) is 0 Å². The third-order valence-corrected chi connectivity index (χ3v) is 7.24. The van der Waals surface area contributed by atoms with E-state index in [1.807, 2.05) is 4.57 Å². The molecule has 1 unspecified atom stereocenters. The highest BCUT2D eigenvalue weighted by molar-refractivity contribution is 6.32. The standard InChI is InChI=1S/C27H30ClF3N2O2/c1-2-3-4-5-7-17-8-6-9-20-21-14-19(28)15-22(26(34)35)25(21)33(23(20)12-17)16-18-10-11-32-24(13-18)27(29,30)31/h10-11,13-15,17H,2-9,12,16H2,1H3,(H,34,35). The van der Waals surface area contributed by atoms with E-state index >= 15 is 0 Å². The largest absolute Gasteiger partial charge is 0.478 e. The van der Waals surface area contributed by atoms with E-state index in [1.54, 1.807) is 12.1 Å². The number of fused-ring (bicyclic) bond motifs is 3. The van der Waals surface area contributed by atoms with E-state index in [-0.39, 0.29) is 12.1 Å². The molecule has 35 heavy (non-hydrogen) atoms. The van der Waals surface area contributed by atoms with E-state index in [2.05, 4.69) is 11.9 Å². The third-order valence-electron chi connectivity index (χ3n) is 7.02. The second-order valence-corrected chi connectivity index (χ2v) is 9.96. The van der Waals surface area contributed by atoms with Crippen LogP contribution in [-0.2, 0) is 25.6 Å². The summed E-state index contributed by atoms with van der Waals surface area (Å²) in [5.74, 6) is -0.642. The number of benzene rings is 1. The van der Waals surface area contributed by atoms with Gasteiger partial charge in [0.15, 0.2) is 0 Å². The van der Waals surface area contributed by atoms with E-state index in [1.165, 1.54) is 25.3 Å². The van der Waals surface area contributed by atoms with Crippen molar-refractivity contribution < 1.29 is 23.1 Å². The summed E-state index contributed by atoms with van der Waals surface area (Å²) in [5, 5.41) is 11.1. The molecule has 4 rings (SSSR count). The van der Waals surface area contributed by atoms with Gasteiger partial charge in [0.05, 0.1) is 11.1 Å². The van der Waals surface area contributed by atoms with Crippen LogP contribution in [0.15, 0.2) is 30.5 Å². The highest BCUT2D eigenvalue weighted by atomic mass is 35.5. The van der Waals surface area contributed by atoms with Crippen molar-refractivity contribution in [1.82, 2.24) is 9.55 Å². The number of nitrogens with zero attached hydrogens (tertiary/aromatic N) is 2. The number of rotatable bonds is 8. The number of carbonyl (C=O) groups is 1. The van der Waals surface area contributed by atoms with Crippen molar-refractivity contribution in [2.24, 2.45) is 5.92 Å². The maximum Gasteiger partial charge on any atom is 0.433 e. The van der Waals surface area contributed by atoms with Gasteiger partial charge in [0.1, 0.15) is 5.69 Å². The molecule has 0 fully saturated rings. The number of aromatic carboxylic acids is 1. The lowest BCUT2D eigenvalue weighted by Gasteiger charge is -2.18. The number of alkyl halides is 3. The Morgan fingerprint density at radius 2 is 2.03 bits per heavy atom. The molecule has 8 heteroatoms. The Morgan fingerprint density at radius 1 is 1.23 bits per heavy atom. The first kappa shape index (κ1) is 25.5. The number of pyridine rings is 1. The van der Waals surface area contributed by atoms with Crippen LogP contribution in [-0.4, -0.2) is 20.6 Å². The molecule has 1 aromatic carbocycles. The summed E-state index contributed by atoms with van der Waals surface area (Å²) in [4.78, 5) is 15.7. The van der Waals surface area contributed by atoms with Crippen molar-refractivity contribution in [2.75, 3.05) is 0 Å². The lowest BCUT2D eigenvalue weighted by molar-refractivity contribution is -0.141. The van der Waals surface area contributed by atoms with Crippen molar-refractivity contribution in [3.63, 3.8) is 0 Å². The molecule has 0 radical (unpaired) electrons. The molecule has 2 aromatic heterocycles. The van der Waals surface area contributed by atoms with Crippen LogP contribution >= 0.6 is 11.6 Å². The van der Waals surface area contributed by atoms with E-state index in [4.69, 9.17) is 11.6 Å². The molecule has 4 nitrogen and oxygen atoms in total. The molecule has 1 atom stereocenters. The zero-order valence-corrected chi connectivity index (χ0v) is 20.6. The second kappa shape index (κ2) is 10.6. The van der Waals surface area contributed by atoms with Crippen LogP contribution in [0.25, 0.3) is 10.9 Å². The minimum absolute atomic E-state index is 0.0742. The summed E-state index contributed by atoms with van der Waals surface area (Å²) in [6.45, 7) is 2.33. The Hall–Kier alpha value is -2.54. The van der Waals surface area contributed by atoms with Crippen LogP contribution in [0.4, 0.5) is 13.2 Å². The lowest BCUT2D eigenvalue weighted by atomic mass is 9.93. The molecule has 0 bridgehead atoms. The van der Waals surface area contributed by atoms with Gasteiger partial charge in [0.25, 0.3) is 0 Å². The van der Waals surface area contributed by atoms with Crippen LogP contribution in [0.5, 0.6) is 0 Å². The predicted molar refractivity (Wildman–Crippen MR) is 131 cm³/mol. The van der Waals surface area contributed by atoms with Crippen molar-refractivity contribution in [3.05, 3.63) is 63.6 Å². The normalized spacial score (nSPS) is 16.3. The van der Waals surface area contributed by atoms with Gasteiger partial charge in [-0.1, -0.05) is 50.6 Å². The molecule has 3 aromatic rings. The molecule has 2 heterocycles. The topological polar surface area (TPSA) is 55.1 Å². The van der Waals surface area contributed by atoms with E-state index in [0.717, 1.165) is 67.4 Å². The maximum absolute atomic E-state index is 13.3. The molecule has 0 aliphatic heterocycles. The fraction of sp³-hybridized carbons (Fsp3) is 0.481. The van der Waals surface area contributed by atoms with Gasteiger partial charge in [-0.2, -0.15) is 13.2 Å². The number of carboxylic acid groups (broad SMARTS) is 1. The zero-order chi connectivity index (χ0) is 25.2. The number of unbranched alkanes of at least 4 members (excludes halogenated alkanes) is 3. The second-order valence-electron chi connectivity index (χ2n) is 9.52. The highest BCUT2D eigenvalue weighted by Gasteiger charge is 2.33. The quantitative estimate of drug-likeness (QED) is 0.249. The van der Waals surface area contributed by atoms with Crippen molar-refractivity contribution in [2.45, 2.75) is 77.4 Å². The number of aryl methyl sites for hydroxylation is 1. The predicted octanol–water partition coefficient (Wildman–Crippen LogP) is 7.92. The summed E-state index contributed by atoms with van der Waals surface area (Å²) in [6, 6.07) is 5.84. The highest BCUT2D eigenvalue weighted by Crippen LogP contribution is 2.38. The first-order valence-electron chi connectivity index (χ1n) is 12.3. The van der Waals surface area contributed by atoms with Crippen LogP contribution in [0.3, 0.4) is 0 Å². The summed E-state index contributed by atoms with van der Waals surface area (Å²) in [5.41, 5.74) is 2.18. The van der Waals surface area contributed by atoms with Crippen LogP contribution in [0.1, 0.15) is 84.7 Å². The fourth-order valence-corrected chi connectivity index (χ4v) is 5.60. The van der Waals surface area contributed by atoms with Crippen LogP contribution in [0.2, 0.25) is 5.02 Å². The Balaban J connectivity index is 1.82. The molecule has 0 saturated heterocycles. The Morgan fingerprint density at radius 3 is 2.74 bits per heavy atom. The van der Waals surface area contributed by atoms with Crippen LogP contribution < -0.4 is 0 Å². The van der Waals surface area contributed by atoms with Gasteiger partial charge < -0.3 is 9.67 Å². The molecule has 1 aliphatic carbocycles. The van der Waals surface area contributed by atoms with Gasteiger partial charge in [-0.3, -0.25) is 4.98 Å². The number of aromatic nitrogens is 2. The first-order valence-corrected chi connectivity index (χ1v) is 12.7. The Bertz CT molecular complexity index is 1220. The van der Waals surface area contributed by atoms with Crippen molar-refractivity contribution in [1.29, 1.82) is 0 Å². The van der Waals surface area contributed by atoms with Crippen molar-refractivity contribution >= 4 is 28.5 Å². The molecular formula is C27H30ClF3N2O2. The minimum atomic E-state index is -4.55. The number of carboxylic acids is 1. The minimum Gasteiger partial charge on any atom is -0.478 e. The fourth-order valence-electron chi connectivity index (χ4n) is 5.38. The van der Waals surface area contributed by atoms with E-state index < -0.39 is 17.8 Å². The van der Waals surface area contributed by atoms with Crippen LogP contribution in [0, 0.1) is 5.92 Å². The lowest BCUT2D eigenvalue weighted by Crippen LogP contribution is -2.13. The Labute approximate surface area is 208 Å². The number of hydrogen-bond donors (Lipinski definition) is 1. The summed E-state index contributed by atoms with van der Waals surface area (Å²) >= 11 is 6.31. The smallest absolute Gasteiger partial charge is 0.433 e. The van der Waals surface area contributed by atoms with Gasteiger partial charge in [-0.25, -0.2) is 4.79 Å². The maximum atomic E-state index is 13.3. The molecule has 0 spiro atoms. The van der Waals surface area contributed by atoms with Crippen molar-refractivity contribution in [3.8, 4) is 0 Å². The molecular weight excluding hydrogens is 477 g/mol. The average molecular weight is 507 g/mol. The summed E-state index contributed by atoms with van der Waals surface area (Å²) in [6.07, 6.45) is 6.10. The SMILES string of the molecule is CCCCCCC1CCCc2c(n(Cc3ccnc(C(F)(F)F)c3)c3c(C(=O)O)cc(Cl)cc23)C1. The number of hydrogen-bond acceptors (Lipinski definition) is 2. The summed E-state index contributed by atoms with van der Waals surface area (Å²) < 4.78 is 41.8. The van der Waals surface area contributed by atoms with E-state index in [0.29, 0.717) is 22.0 Å². The Kier molecular flexibility index (Phi) is 7.74.